The van der Waals surface area contributed by atoms with Crippen molar-refractivity contribution in [1.29, 1.82) is 0 Å². The number of fused-ring (bicyclic) bond motifs is 8. The van der Waals surface area contributed by atoms with Gasteiger partial charge >= 0.3 is 0 Å². The van der Waals surface area contributed by atoms with Gasteiger partial charge in [-0.15, -0.1) is 0 Å². The van der Waals surface area contributed by atoms with Gasteiger partial charge in [-0.2, -0.15) is 0 Å². The van der Waals surface area contributed by atoms with E-state index in [0.29, 0.717) is 0 Å². The molecule has 9 aromatic carbocycles. The van der Waals surface area contributed by atoms with Crippen molar-refractivity contribution in [2.24, 2.45) is 0 Å². The molecule has 0 atom stereocenters. The Morgan fingerprint density at radius 2 is 1.04 bits per heavy atom. The molecule has 0 saturated heterocycles. The summed E-state index contributed by atoms with van der Waals surface area (Å²) in [4.78, 5) is 2.44. The topological polar surface area (TPSA) is 16.4 Å². The van der Waals surface area contributed by atoms with Crippen LogP contribution in [0.3, 0.4) is 0 Å². The molecular weight excluding hydrogens is 691 g/mol. The van der Waals surface area contributed by atoms with Crippen LogP contribution in [0.1, 0.15) is 25.0 Å². The predicted octanol–water partition coefficient (Wildman–Crippen LogP) is 15.5. The molecule has 0 saturated carbocycles. The molecule has 0 radical (unpaired) electrons. The Labute approximate surface area is 332 Å². The fourth-order valence-electron chi connectivity index (χ4n) is 9.25. The fourth-order valence-corrected chi connectivity index (χ4v) is 9.25. The maximum absolute atomic E-state index is 6.68. The van der Waals surface area contributed by atoms with E-state index in [1.165, 1.54) is 49.9 Å². The average molecular weight is 730 g/mol. The summed E-state index contributed by atoms with van der Waals surface area (Å²) in [5, 5.41) is 4.56. The van der Waals surface area contributed by atoms with Crippen LogP contribution in [0.4, 0.5) is 17.1 Å². The molecule has 1 aliphatic rings. The molecule has 0 spiro atoms. The molecule has 0 amide bonds. The summed E-state index contributed by atoms with van der Waals surface area (Å²) in [6.45, 7) is 4.71. The Morgan fingerprint density at radius 1 is 0.404 bits per heavy atom. The summed E-state index contributed by atoms with van der Waals surface area (Å²) >= 11 is 0. The first-order chi connectivity index (χ1) is 28.0. The van der Waals surface area contributed by atoms with Gasteiger partial charge in [-0.05, 0) is 104 Å². The largest absolute Gasteiger partial charge is 0.455 e. The van der Waals surface area contributed by atoms with Gasteiger partial charge in [0, 0.05) is 38.5 Å². The van der Waals surface area contributed by atoms with E-state index in [1.54, 1.807) is 0 Å². The fraction of sp³-hybridized carbons (Fsp3) is 0.0545. The quantitative estimate of drug-likeness (QED) is 0.169. The van der Waals surface area contributed by atoms with Crippen molar-refractivity contribution in [2.75, 3.05) is 4.90 Å². The zero-order valence-corrected chi connectivity index (χ0v) is 31.9. The van der Waals surface area contributed by atoms with E-state index in [4.69, 9.17) is 4.42 Å². The molecule has 11 rings (SSSR count). The number of benzene rings is 9. The number of rotatable bonds is 6. The predicted molar refractivity (Wildman–Crippen MR) is 240 cm³/mol. The summed E-state index contributed by atoms with van der Waals surface area (Å²) in [5.74, 6) is 0. The van der Waals surface area contributed by atoms with Crippen LogP contribution in [0.5, 0.6) is 0 Å². The zero-order valence-electron chi connectivity index (χ0n) is 31.9. The third-order valence-corrected chi connectivity index (χ3v) is 12.1. The van der Waals surface area contributed by atoms with Crippen molar-refractivity contribution in [1.82, 2.24) is 0 Å². The summed E-state index contributed by atoms with van der Waals surface area (Å²) < 4.78 is 6.68. The van der Waals surface area contributed by atoms with Crippen LogP contribution in [0, 0.1) is 0 Å². The number of furan rings is 1. The highest BCUT2D eigenvalue weighted by Gasteiger charge is 2.36. The number of hydrogen-bond donors (Lipinski definition) is 0. The van der Waals surface area contributed by atoms with Crippen molar-refractivity contribution in [3.63, 3.8) is 0 Å². The van der Waals surface area contributed by atoms with Crippen molar-refractivity contribution >= 4 is 49.8 Å². The lowest BCUT2D eigenvalue weighted by Gasteiger charge is -2.30. The molecule has 2 nitrogen and oxygen atoms in total. The normalized spacial score (nSPS) is 12.9. The highest BCUT2D eigenvalue weighted by molar-refractivity contribution is 6.19. The number of para-hydroxylation sites is 1. The number of anilines is 3. The summed E-state index contributed by atoms with van der Waals surface area (Å²) in [5.41, 5.74) is 17.4. The van der Waals surface area contributed by atoms with E-state index in [1.807, 2.05) is 0 Å². The molecule has 0 bridgehead atoms. The molecule has 0 aliphatic heterocycles. The van der Waals surface area contributed by atoms with Gasteiger partial charge in [0.05, 0.1) is 5.69 Å². The lowest BCUT2D eigenvalue weighted by molar-refractivity contribution is 0.660. The minimum absolute atomic E-state index is 0.134. The molecular formula is C55H39NO. The minimum atomic E-state index is -0.134. The summed E-state index contributed by atoms with van der Waals surface area (Å²) in [6, 6.07) is 72.6. The Kier molecular flexibility index (Phi) is 7.55. The molecule has 1 aromatic heterocycles. The standard InChI is InChI=1S/C55H39NO/c1-55(2)49-23-10-8-20-44(49)45-33-31-42(35-50(45)55)56(41-29-26-37(27-30-41)40-18-12-17-39(34-40)36-14-4-3-5-15-36)51-24-11-9-21-46(51)47-22-13-25-52-53(47)48-32-28-38-16-6-7-19-43(38)54(48)57-52/h3-35H,1-2H3. The monoisotopic (exact) mass is 729 g/mol. The van der Waals surface area contributed by atoms with E-state index in [0.717, 1.165) is 55.5 Å². The molecule has 1 heterocycles. The Morgan fingerprint density at radius 3 is 1.88 bits per heavy atom. The lowest BCUT2D eigenvalue weighted by Crippen LogP contribution is -2.16. The average Bonchev–Trinajstić information content (AvgIpc) is 3.77. The van der Waals surface area contributed by atoms with Crippen LogP contribution in [0.2, 0.25) is 0 Å². The van der Waals surface area contributed by atoms with Gasteiger partial charge in [-0.1, -0.05) is 166 Å². The second-order valence-electron chi connectivity index (χ2n) is 15.7. The van der Waals surface area contributed by atoms with Crippen molar-refractivity contribution < 1.29 is 4.42 Å². The van der Waals surface area contributed by atoms with Crippen LogP contribution < -0.4 is 4.90 Å². The third-order valence-electron chi connectivity index (χ3n) is 12.1. The molecule has 0 unspecified atom stereocenters. The Hall–Kier alpha value is -7.16. The Balaban J connectivity index is 1.10. The SMILES string of the molecule is CC1(C)c2ccccc2-c2ccc(N(c3ccc(-c4cccc(-c5ccccc5)c4)cc3)c3ccccc3-c3cccc4oc5c6ccccc6ccc5c34)cc21. The molecule has 10 aromatic rings. The molecule has 1 aliphatic carbocycles. The molecule has 0 N–H and O–H groups in total. The van der Waals surface area contributed by atoms with Gasteiger partial charge in [-0.3, -0.25) is 0 Å². The minimum Gasteiger partial charge on any atom is -0.455 e. The molecule has 0 fully saturated rings. The van der Waals surface area contributed by atoms with E-state index in [2.05, 4.69) is 219 Å². The van der Waals surface area contributed by atoms with Crippen molar-refractivity contribution in [3.05, 3.63) is 211 Å². The molecule has 2 heteroatoms. The second kappa shape index (κ2) is 13.0. The smallest absolute Gasteiger partial charge is 0.143 e. The van der Waals surface area contributed by atoms with Gasteiger partial charge in [-0.25, -0.2) is 0 Å². The van der Waals surface area contributed by atoms with Crippen LogP contribution in [0.15, 0.2) is 205 Å². The van der Waals surface area contributed by atoms with E-state index in [9.17, 15) is 0 Å². The lowest BCUT2D eigenvalue weighted by atomic mass is 9.82. The first kappa shape index (κ1) is 33.2. The van der Waals surface area contributed by atoms with Crippen LogP contribution >= 0.6 is 0 Å². The zero-order chi connectivity index (χ0) is 38.1. The van der Waals surface area contributed by atoms with Gasteiger partial charge in [0.25, 0.3) is 0 Å². The van der Waals surface area contributed by atoms with Crippen molar-refractivity contribution in [2.45, 2.75) is 19.3 Å². The van der Waals surface area contributed by atoms with Crippen molar-refractivity contribution in [3.8, 4) is 44.5 Å². The third kappa shape index (κ3) is 5.33. The van der Waals surface area contributed by atoms with Gasteiger partial charge in [0.15, 0.2) is 0 Å². The molecule has 57 heavy (non-hydrogen) atoms. The maximum Gasteiger partial charge on any atom is 0.143 e. The highest BCUT2D eigenvalue weighted by atomic mass is 16.3. The summed E-state index contributed by atoms with van der Waals surface area (Å²) in [6.07, 6.45) is 0. The maximum atomic E-state index is 6.68. The van der Waals surface area contributed by atoms with E-state index < -0.39 is 0 Å². The van der Waals surface area contributed by atoms with E-state index >= 15 is 0 Å². The van der Waals surface area contributed by atoms with Gasteiger partial charge in [0.1, 0.15) is 11.2 Å². The second-order valence-corrected chi connectivity index (χ2v) is 15.7. The van der Waals surface area contributed by atoms with Crippen LogP contribution in [-0.4, -0.2) is 0 Å². The first-order valence-corrected chi connectivity index (χ1v) is 19.8. The highest BCUT2D eigenvalue weighted by Crippen LogP contribution is 2.52. The molecule has 270 valence electrons. The Bertz CT molecular complexity index is 3150. The summed E-state index contributed by atoms with van der Waals surface area (Å²) in [7, 11) is 0. The number of hydrogen-bond acceptors (Lipinski definition) is 2. The van der Waals surface area contributed by atoms with Gasteiger partial charge in [0.2, 0.25) is 0 Å². The van der Waals surface area contributed by atoms with Gasteiger partial charge < -0.3 is 9.32 Å². The number of nitrogens with zero attached hydrogens (tertiary/aromatic N) is 1. The van der Waals surface area contributed by atoms with Crippen LogP contribution in [0.25, 0.3) is 77.2 Å². The first-order valence-electron chi connectivity index (χ1n) is 19.8. The van der Waals surface area contributed by atoms with Crippen LogP contribution in [-0.2, 0) is 5.41 Å². The van der Waals surface area contributed by atoms with E-state index in [-0.39, 0.29) is 5.41 Å².